The highest BCUT2D eigenvalue weighted by molar-refractivity contribution is 5.78. The maximum absolute atomic E-state index is 5.73. The van der Waals surface area contributed by atoms with Crippen molar-refractivity contribution in [3.05, 3.63) is 18.0 Å². The molecule has 0 spiro atoms. The molecule has 6 nitrogen and oxygen atoms in total. The zero-order chi connectivity index (χ0) is 12.0. The van der Waals surface area contributed by atoms with Gasteiger partial charge in [-0.1, -0.05) is 0 Å². The van der Waals surface area contributed by atoms with Crippen LogP contribution in [0, 0.1) is 0 Å². The quantitative estimate of drug-likeness (QED) is 0.540. The number of aliphatic imine (C=N–C) groups is 1. The van der Waals surface area contributed by atoms with E-state index in [0.29, 0.717) is 19.1 Å². The Morgan fingerprint density at radius 1 is 1.75 bits per heavy atom. The van der Waals surface area contributed by atoms with Gasteiger partial charge in [0.25, 0.3) is 0 Å². The number of nitrogens with zero attached hydrogens (tertiary/aromatic N) is 3. The van der Waals surface area contributed by atoms with Crippen LogP contribution in [0.1, 0.15) is 12.6 Å². The first-order valence-corrected chi connectivity index (χ1v) is 5.15. The van der Waals surface area contributed by atoms with Crippen molar-refractivity contribution in [2.75, 3.05) is 13.7 Å². The van der Waals surface area contributed by atoms with E-state index in [-0.39, 0.29) is 6.04 Å². The standard InChI is InChI=1S/C10H19N5O/c1-8(7-16-3)14-10(11)12-6-9-4-5-13-15(9)2/h4-5,8H,6-7H2,1-3H3,(H3,11,12,14). The summed E-state index contributed by atoms with van der Waals surface area (Å²) in [6.07, 6.45) is 1.74. The first-order valence-electron chi connectivity index (χ1n) is 5.15. The second-order valence-electron chi connectivity index (χ2n) is 3.65. The molecule has 16 heavy (non-hydrogen) atoms. The molecule has 0 radical (unpaired) electrons. The molecule has 1 atom stereocenters. The molecular formula is C10H19N5O. The van der Waals surface area contributed by atoms with E-state index in [1.54, 1.807) is 18.0 Å². The molecule has 3 N–H and O–H groups in total. The Labute approximate surface area is 95.5 Å². The van der Waals surface area contributed by atoms with E-state index in [2.05, 4.69) is 15.4 Å². The van der Waals surface area contributed by atoms with Gasteiger partial charge in [0.05, 0.1) is 18.8 Å². The van der Waals surface area contributed by atoms with Crippen molar-refractivity contribution in [1.82, 2.24) is 15.1 Å². The van der Waals surface area contributed by atoms with Gasteiger partial charge in [-0.2, -0.15) is 5.10 Å². The SMILES string of the molecule is COCC(C)NC(N)=NCc1ccnn1C. The van der Waals surface area contributed by atoms with Crippen LogP contribution in [0.4, 0.5) is 0 Å². The Morgan fingerprint density at radius 3 is 3.06 bits per heavy atom. The van der Waals surface area contributed by atoms with Crippen molar-refractivity contribution < 1.29 is 4.74 Å². The van der Waals surface area contributed by atoms with E-state index in [9.17, 15) is 0 Å². The summed E-state index contributed by atoms with van der Waals surface area (Å²) >= 11 is 0. The monoisotopic (exact) mass is 225 g/mol. The highest BCUT2D eigenvalue weighted by atomic mass is 16.5. The van der Waals surface area contributed by atoms with Gasteiger partial charge in [-0.25, -0.2) is 4.99 Å². The van der Waals surface area contributed by atoms with Gasteiger partial charge in [0.1, 0.15) is 0 Å². The molecule has 6 heteroatoms. The molecular weight excluding hydrogens is 206 g/mol. The van der Waals surface area contributed by atoms with Crippen LogP contribution < -0.4 is 11.1 Å². The third-order valence-electron chi connectivity index (χ3n) is 2.14. The molecule has 0 aliphatic heterocycles. The van der Waals surface area contributed by atoms with Crippen LogP contribution in [0.3, 0.4) is 0 Å². The molecule has 1 rings (SSSR count). The largest absolute Gasteiger partial charge is 0.383 e. The zero-order valence-corrected chi connectivity index (χ0v) is 9.97. The highest BCUT2D eigenvalue weighted by Gasteiger charge is 2.02. The second kappa shape index (κ2) is 6.12. The predicted octanol–water partition coefficient (Wildman–Crippen LogP) is -0.141. The Balaban J connectivity index is 2.42. The van der Waals surface area contributed by atoms with Crippen molar-refractivity contribution in [3.63, 3.8) is 0 Å². The zero-order valence-electron chi connectivity index (χ0n) is 9.97. The number of guanidine groups is 1. The minimum absolute atomic E-state index is 0.153. The van der Waals surface area contributed by atoms with Gasteiger partial charge in [-0.3, -0.25) is 4.68 Å². The summed E-state index contributed by atoms with van der Waals surface area (Å²) in [5.41, 5.74) is 6.74. The summed E-state index contributed by atoms with van der Waals surface area (Å²) in [6, 6.07) is 2.07. The molecule has 90 valence electrons. The smallest absolute Gasteiger partial charge is 0.189 e. The molecule has 0 aromatic carbocycles. The maximum Gasteiger partial charge on any atom is 0.189 e. The van der Waals surface area contributed by atoms with Crippen molar-refractivity contribution >= 4 is 5.96 Å². The summed E-state index contributed by atoms with van der Waals surface area (Å²) < 4.78 is 6.76. The fourth-order valence-corrected chi connectivity index (χ4v) is 1.31. The molecule has 1 heterocycles. The van der Waals surface area contributed by atoms with E-state index < -0.39 is 0 Å². The summed E-state index contributed by atoms with van der Waals surface area (Å²) in [4.78, 5) is 4.22. The van der Waals surface area contributed by atoms with E-state index in [1.807, 2.05) is 20.0 Å². The lowest BCUT2D eigenvalue weighted by atomic mass is 10.4. The second-order valence-corrected chi connectivity index (χ2v) is 3.65. The van der Waals surface area contributed by atoms with Gasteiger partial charge in [-0.05, 0) is 13.0 Å². The summed E-state index contributed by atoms with van der Waals surface area (Å²) in [5, 5.41) is 7.09. The Bertz CT molecular complexity index is 347. The lowest BCUT2D eigenvalue weighted by molar-refractivity contribution is 0.179. The van der Waals surface area contributed by atoms with E-state index in [0.717, 1.165) is 5.69 Å². The van der Waals surface area contributed by atoms with Gasteiger partial charge >= 0.3 is 0 Å². The molecule has 0 saturated carbocycles. The third kappa shape index (κ3) is 3.90. The van der Waals surface area contributed by atoms with E-state index in [1.165, 1.54) is 0 Å². The number of methoxy groups -OCH3 is 1. The molecule has 0 amide bonds. The summed E-state index contributed by atoms with van der Waals surface area (Å²) in [6.45, 7) is 3.10. The summed E-state index contributed by atoms with van der Waals surface area (Å²) in [5.74, 6) is 0.422. The number of rotatable bonds is 5. The van der Waals surface area contributed by atoms with Gasteiger partial charge < -0.3 is 15.8 Å². The number of hydrogen-bond donors (Lipinski definition) is 2. The first-order chi connectivity index (χ1) is 7.63. The highest BCUT2D eigenvalue weighted by Crippen LogP contribution is 1.97. The predicted molar refractivity (Wildman–Crippen MR) is 63.0 cm³/mol. The molecule has 0 aliphatic carbocycles. The molecule has 1 unspecified atom stereocenters. The van der Waals surface area contributed by atoms with E-state index >= 15 is 0 Å². The minimum atomic E-state index is 0.153. The fourth-order valence-electron chi connectivity index (χ4n) is 1.31. The topological polar surface area (TPSA) is 77.5 Å². The number of ether oxygens (including phenoxy) is 1. The van der Waals surface area contributed by atoms with Gasteiger partial charge in [-0.15, -0.1) is 0 Å². The van der Waals surface area contributed by atoms with Crippen LogP contribution in [0.2, 0.25) is 0 Å². The van der Waals surface area contributed by atoms with Crippen LogP contribution in [-0.2, 0) is 18.3 Å². The van der Waals surface area contributed by atoms with Crippen molar-refractivity contribution in [2.24, 2.45) is 17.8 Å². The van der Waals surface area contributed by atoms with Gasteiger partial charge in [0, 0.05) is 26.4 Å². The van der Waals surface area contributed by atoms with Crippen molar-refractivity contribution in [2.45, 2.75) is 19.5 Å². The van der Waals surface area contributed by atoms with Crippen LogP contribution >= 0.6 is 0 Å². The third-order valence-corrected chi connectivity index (χ3v) is 2.14. The maximum atomic E-state index is 5.73. The molecule has 1 aromatic rings. The van der Waals surface area contributed by atoms with Crippen LogP contribution in [0.15, 0.2) is 17.3 Å². The number of nitrogens with one attached hydrogen (secondary N) is 1. The number of aromatic nitrogens is 2. The van der Waals surface area contributed by atoms with Crippen molar-refractivity contribution in [3.8, 4) is 0 Å². The molecule has 0 bridgehead atoms. The number of nitrogens with two attached hydrogens (primary N) is 1. The van der Waals surface area contributed by atoms with Crippen molar-refractivity contribution in [1.29, 1.82) is 0 Å². The Hall–Kier alpha value is -1.56. The average Bonchev–Trinajstić information content (AvgIpc) is 2.61. The Morgan fingerprint density at radius 2 is 2.50 bits per heavy atom. The lowest BCUT2D eigenvalue weighted by Gasteiger charge is -2.12. The van der Waals surface area contributed by atoms with E-state index in [4.69, 9.17) is 10.5 Å². The van der Waals surface area contributed by atoms with Gasteiger partial charge in [0.15, 0.2) is 5.96 Å². The van der Waals surface area contributed by atoms with Crippen LogP contribution in [-0.4, -0.2) is 35.5 Å². The molecule has 1 aromatic heterocycles. The first kappa shape index (κ1) is 12.5. The fraction of sp³-hybridized carbons (Fsp3) is 0.600. The van der Waals surface area contributed by atoms with Crippen LogP contribution in [0.25, 0.3) is 0 Å². The number of aryl methyl sites for hydroxylation is 1. The molecule has 0 aliphatic rings. The van der Waals surface area contributed by atoms with Crippen LogP contribution in [0.5, 0.6) is 0 Å². The Kier molecular flexibility index (Phi) is 4.78. The minimum Gasteiger partial charge on any atom is -0.383 e. The number of hydrogen-bond acceptors (Lipinski definition) is 3. The van der Waals surface area contributed by atoms with Gasteiger partial charge in [0.2, 0.25) is 0 Å². The molecule has 0 saturated heterocycles. The average molecular weight is 225 g/mol. The molecule has 0 fully saturated rings. The normalized spacial score (nSPS) is 13.8. The lowest BCUT2D eigenvalue weighted by Crippen LogP contribution is -2.40. The summed E-state index contributed by atoms with van der Waals surface area (Å²) in [7, 11) is 3.53.